The maximum Gasteiger partial charge on any atom is 0.246 e. The van der Waals surface area contributed by atoms with Crippen molar-refractivity contribution in [3.63, 3.8) is 0 Å². The number of ether oxygens (including phenoxy) is 2. The van der Waals surface area contributed by atoms with E-state index in [1.807, 2.05) is 0 Å². The minimum absolute atomic E-state index is 0.0394. The zero-order chi connectivity index (χ0) is 23.2. The van der Waals surface area contributed by atoms with Gasteiger partial charge in [-0.25, -0.2) is 0 Å². The Morgan fingerprint density at radius 3 is 2.76 bits per heavy atom. The first kappa shape index (κ1) is 23.7. The Morgan fingerprint density at radius 1 is 1.18 bits per heavy atom. The van der Waals surface area contributed by atoms with Crippen molar-refractivity contribution in [1.82, 2.24) is 20.1 Å². The van der Waals surface area contributed by atoms with Crippen LogP contribution >= 0.6 is 0 Å². The molecule has 1 saturated carbocycles. The van der Waals surface area contributed by atoms with Gasteiger partial charge in [0.1, 0.15) is 6.61 Å². The Morgan fingerprint density at radius 2 is 2.00 bits per heavy atom. The van der Waals surface area contributed by atoms with E-state index in [9.17, 15) is 9.59 Å². The van der Waals surface area contributed by atoms with Crippen LogP contribution in [0.25, 0.3) is 10.9 Å². The molecule has 0 radical (unpaired) electrons. The Bertz CT molecular complexity index is 955. The van der Waals surface area contributed by atoms with Crippen molar-refractivity contribution in [3.8, 4) is 0 Å². The summed E-state index contributed by atoms with van der Waals surface area (Å²) in [5.74, 6) is -0.0908. The molecule has 2 aromatic rings. The van der Waals surface area contributed by atoms with Crippen molar-refractivity contribution >= 4 is 22.7 Å². The summed E-state index contributed by atoms with van der Waals surface area (Å²) in [7, 11) is 3.24. The van der Waals surface area contributed by atoms with Gasteiger partial charge in [-0.3, -0.25) is 9.59 Å². The van der Waals surface area contributed by atoms with E-state index in [-0.39, 0.29) is 30.4 Å². The van der Waals surface area contributed by atoms with Crippen LogP contribution in [0.15, 0.2) is 30.5 Å². The highest BCUT2D eigenvalue weighted by Gasteiger charge is 2.38. The number of carbonyl (C=O) groups is 2. The van der Waals surface area contributed by atoms with Crippen molar-refractivity contribution in [2.75, 3.05) is 40.5 Å². The molecule has 1 saturated heterocycles. The van der Waals surface area contributed by atoms with E-state index in [0.29, 0.717) is 32.1 Å². The van der Waals surface area contributed by atoms with Crippen molar-refractivity contribution in [1.29, 1.82) is 0 Å². The molecule has 2 N–H and O–H groups in total. The van der Waals surface area contributed by atoms with Crippen molar-refractivity contribution in [3.05, 3.63) is 36.0 Å². The number of aryl methyl sites for hydroxylation is 1. The van der Waals surface area contributed by atoms with E-state index in [1.54, 1.807) is 7.11 Å². The average molecular weight is 457 g/mol. The number of piperidine rings is 1. The number of methoxy groups -OCH3 is 2. The van der Waals surface area contributed by atoms with E-state index in [1.165, 1.54) is 23.6 Å². The molecule has 8 heteroatoms. The van der Waals surface area contributed by atoms with Crippen LogP contribution in [-0.4, -0.2) is 73.9 Å². The van der Waals surface area contributed by atoms with Crippen LogP contribution < -0.4 is 10.6 Å². The summed E-state index contributed by atoms with van der Waals surface area (Å²) in [5.41, 5.74) is 2.39. The molecule has 1 aromatic heterocycles. The maximum atomic E-state index is 13.6. The third-order valence-electron chi connectivity index (χ3n) is 6.57. The topological polar surface area (TPSA) is 84.8 Å². The van der Waals surface area contributed by atoms with Crippen molar-refractivity contribution < 1.29 is 19.1 Å². The number of nitrogens with one attached hydrogen (secondary N) is 2. The lowest BCUT2D eigenvalue weighted by Crippen LogP contribution is -2.53. The van der Waals surface area contributed by atoms with Gasteiger partial charge in [-0.2, -0.15) is 0 Å². The second-order valence-electron chi connectivity index (χ2n) is 9.20. The molecule has 2 heterocycles. The Labute approximate surface area is 195 Å². The van der Waals surface area contributed by atoms with E-state index in [0.717, 1.165) is 32.4 Å². The molecule has 2 amide bonds. The molecular formula is C25H36N4O4. The van der Waals surface area contributed by atoms with Gasteiger partial charge >= 0.3 is 0 Å². The average Bonchev–Trinajstić information content (AvgIpc) is 3.60. The molecular weight excluding hydrogens is 420 g/mol. The summed E-state index contributed by atoms with van der Waals surface area (Å²) in [6.45, 7) is 3.61. The van der Waals surface area contributed by atoms with E-state index in [4.69, 9.17) is 9.47 Å². The van der Waals surface area contributed by atoms with Crippen LogP contribution in [0.5, 0.6) is 0 Å². The molecule has 1 aliphatic heterocycles. The number of benzene rings is 1. The highest BCUT2D eigenvalue weighted by Crippen LogP contribution is 2.33. The largest absolute Gasteiger partial charge is 0.385 e. The monoisotopic (exact) mass is 456 g/mol. The number of hydrogen-bond acceptors (Lipinski definition) is 5. The van der Waals surface area contributed by atoms with Gasteiger partial charge in [-0.15, -0.1) is 0 Å². The van der Waals surface area contributed by atoms with Crippen molar-refractivity contribution in [2.24, 2.45) is 5.92 Å². The quantitative estimate of drug-likeness (QED) is 0.505. The van der Waals surface area contributed by atoms with Gasteiger partial charge in [0.2, 0.25) is 11.8 Å². The van der Waals surface area contributed by atoms with Gasteiger partial charge in [0.25, 0.3) is 0 Å². The first-order chi connectivity index (χ1) is 16.1. The number of aromatic nitrogens is 1. The number of fused-ring (bicyclic) bond motifs is 1. The maximum absolute atomic E-state index is 13.6. The molecule has 8 nitrogen and oxygen atoms in total. The molecule has 0 spiro atoms. The van der Waals surface area contributed by atoms with Gasteiger partial charge in [0, 0.05) is 76.2 Å². The summed E-state index contributed by atoms with van der Waals surface area (Å²) in [4.78, 5) is 27.6. The number of carbonyl (C=O) groups excluding carboxylic acids is 2. The molecule has 2 fully saturated rings. The number of hydrogen-bond donors (Lipinski definition) is 2. The normalized spacial score (nSPS) is 20.7. The van der Waals surface area contributed by atoms with Crippen LogP contribution in [0.1, 0.15) is 31.2 Å². The summed E-state index contributed by atoms with van der Waals surface area (Å²) >= 11 is 0. The predicted octanol–water partition coefficient (Wildman–Crippen LogP) is 1.91. The minimum atomic E-state index is -0.141. The number of nitrogens with zero attached hydrogens (tertiary/aromatic N) is 2. The number of amides is 2. The van der Waals surface area contributed by atoms with Crippen LogP contribution in [0, 0.1) is 5.92 Å². The van der Waals surface area contributed by atoms with E-state index in [2.05, 4.69) is 50.6 Å². The lowest BCUT2D eigenvalue weighted by molar-refractivity contribution is -0.138. The van der Waals surface area contributed by atoms with Crippen LogP contribution in [0.4, 0.5) is 0 Å². The van der Waals surface area contributed by atoms with Gasteiger partial charge < -0.3 is 29.6 Å². The zero-order valence-corrected chi connectivity index (χ0v) is 19.7. The lowest BCUT2D eigenvalue weighted by Gasteiger charge is -2.33. The molecule has 2 aliphatic rings. The van der Waals surface area contributed by atoms with Gasteiger partial charge in [-0.1, -0.05) is 18.2 Å². The Balaban J connectivity index is 1.47. The van der Waals surface area contributed by atoms with E-state index < -0.39 is 0 Å². The first-order valence-corrected chi connectivity index (χ1v) is 12.0. The van der Waals surface area contributed by atoms with Gasteiger partial charge in [-0.05, 0) is 37.3 Å². The summed E-state index contributed by atoms with van der Waals surface area (Å²) in [5, 5.41) is 7.52. The molecule has 0 bridgehead atoms. The standard InChI is InChI=1S/C25H36N4O4/c1-32-11-5-10-28-15-19(22-6-3-4-7-23(22)28)16-29(21-8-9-21)25(31)18-12-20(14-26-13-18)27-24(30)17-33-2/h3-4,6-7,15,18,20-21,26H,5,8-14,16-17H2,1-2H3,(H,27,30)/t18-,20+/m0/s1. The van der Waals surface area contributed by atoms with Gasteiger partial charge in [0.15, 0.2) is 0 Å². The molecule has 1 aliphatic carbocycles. The fraction of sp³-hybridized carbons (Fsp3) is 0.600. The molecule has 1 aromatic carbocycles. The minimum Gasteiger partial charge on any atom is -0.385 e. The predicted molar refractivity (Wildman–Crippen MR) is 127 cm³/mol. The van der Waals surface area contributed by atoms with Crippen molar-refractivity contribution in [2.45, 2.75) is 50.9 Å². The first-order valence-electron chi connectivity index (χ1n) is 12.0. The fourth-order valence-corrected chi connectivity index (χ4v) is 4.84. The van der Waals surface area contributed by atoms with Gasteiger partial charge in [0.05, 0.1) is 5.92 Å². The highest BCUT2D eigenvalue weighted by molar-refractivity contribution is 5.85. The number of rotatable bonds is 11. The van der Waals surface area contributed by atoms with Crippen LogP contribution in [0.3, 0.4) is 0 Å². The second-order valence-corrected chi connectivity index (χ2v) is 9.20. The third kappa shape index (κ3) is 5.93. The molecule has 0 unspecified atom stereocenters. The molecule has 4 rings (SSSR count). The summed E-state index contributed by atoms with van der Waals surface area (Å²) in [6.07, 6.45) is 5.93. The molecule has 180 valence electrons. The molecule has 33 heavy (non-hydrogen) atoms. The smallest absolute Gasteiger partial charge is 0.246 e. The zero-order valence-electron chi connectivity index (χ0n) is 19.7. The summed E-state index contributed by atoms with van der Waals surface area (Å²) in [6, 6.07) is 8.68. The Kier molecular flexibility index (Phi) is 8.01. The lowest BCUT2D eigenvalue weighted by atomic mass is 9.94. The molecule has 2 atom stereocenters. The van der Waals surface area contributed by atoms with Crippen LogP contribution in [0.2, 0.25) is 0 Å². The third-order valence-corrected chi connectivity index (χ3v) is 6.57. The highest BCUT2D eigenvalue weighted by atomic mass is 16.5. The van der Waals surface area contributed by atoms with Crippen LogP contribution in [-0.2, 0) is 32.2 Å². The Hall–Kier alpha value is -2.42. The SMILES string of the molecule is COCCCn1cc(CN(C(=O)[C@@H]2CNC[C@H](NC(=O)COC)C2)C2CC2)c2ccccc21. The second kappa shape index (κ2) is 11.1. The van der Waals surface area contributed by atoms with E-state index >= 15 is 0 Å². The summed E-state index contributed by atoms with van der Waals surface area (Å²) < 4.78 is 12.4. The fourth-order valence-electron chi connectivity index (χ4n) is 4.84. The number of para-hydroxylation sites is 1.